The molecule has 0 aliphatic heterocycles. The SMILES string of the molecule is c1ccc(-c2nc(-c3cccc(-c4cccc5c4sc4ccccc45)c3)nc(-c3cccc4sc5cc(-c6nc7ccccc7n6-c6ccccc6)ccc5c34)n2)cc1. The second-order valence-corrected chi connectivity index (χ2v) is 16.8. The second kappa shape index (κ2) is 13.7. The highest BCUT2D eigenvalue weighted by Crippen LogP contribution is 2.43. The number of fused-ring (bicyclic) bond motifs is 7. The van der Waals surface area contributed by atoms with Crippen molar-refractivity contribution in [3.05, 3.63) is 188 Å². The third-order valence-electron chi connectivity index (χ3n) is 11.1. The summed E-state index contributed by atoms with van der Waals surface area (Å²) in [6.45, 7) is 0. The van der Waals surface area contributed by atoms with Gasteiger partial charge in [0.05, 0.1) is 11.0 Å². The number of thiophene rings is 2. The fourth-order valence-electron chi connectivity index (χ4n) is 8.35. The predicted octanol–water partition coefficient (Wildman–Crippen LogP) is 14.3. The van der Waals surface area contributed by atoms with Crippen LogP contribution in [0.1, 0.15) is 0 Å². The summed E-state index contributed by atoms with van der Waals surface area (Å²) in [5.41, 5.74) is 9.38. The van der Waals surface area contributed by atoms with Crippen LogP contribution in [0.2, 0.25) is 0 Å². The molecule has 0 spiro atoms. The van der Waals surface area contributed by atoms with E-state index in [0.717, 1.165) is 61.1 Å². The van der Waals surface area contributed by atoms with Crippen molar-refractivity contribution < 1.29 is 0 Å². The van der Waals surface area contributed by atoms with E-state index in [1.54, 1.807) is 11.3 Å². The molecule has 276 valence electrons. The van der Waals surface area contributed by atoms with Gasteiger partial charge in [0.2, 0.25) is 0 Å². The Morgan fingerprint density at radius 2 is 1.03 bits per heavy atom. The van der Waals surface area contributed by atoms with Gasteiger partial charge in [0, 0.05) is 68.3 Å². The number of imidazole rings is 1. The van der Waals surface area contributed by atoms with Crippen molar-refractivity contribution in [2.75, 3.05) is 0 Å². The molecular weight excluding hydrogens is 759 g/mol. The highest BCUT2D eigenvalue weighted by Gasteiger charge is 2.20. The number of hydrogen-bond acceptors (Lipinski definition) is 6. The summed E-state index contributed by atoms with van der Waals surface area (Å²) >= 11 is 3.63. The molecule has 0 amide bonds. The molecule has 7 heteroatoms. The summed E-state index contributed by atoms with van der Waals surface area (Å²) < 4.78 is 7.18. The van der Waals surface area contributed by atoms with Crippen LogP contribution in [0.15, 0.2) is 188 Å². The van der Waals surface area contributed by atoms with E-state index in [1.165, 1.54) is 35.1 Å². The van der Waals surface area contributed by atoms with E-state index in [1.807, 2.05) is 41.7 Å². The quantitative estimate of drug-likeness (QED) is 0.168. The van der Waals surface area contributed by atoms with Crippen molar-refractivity contribution in [3.63, 3.8) is 0 Å². The van der Waals surface area contributed by atoms with Gasteiger partial charge in [-0.05, 0) is 59.7 Å². The van der Waals surface area contributed by atoms with Crippen molar-refractivity contribution in [1.29, 1.82) is 0 Å². The zero-order chi connectivity index (χ0) is 38.9. The molecule has 4 heterocycles. The first-order chi connectivity index (χ1) is 29.2. The minimum absolute atomic E-state index is 0.637. The Bertz CT molecular complexity index is 3570. The van der Waals surface area contributed by atoms with Crippen molar-refractivity contribution in [1.82, 2.24) is 24.5 Å². The van der Waals surface area contributed by atoms with Gasteiger partial charge in [0.25, 0.3) is 0 Å². The molecule has 4 aromatic heterocycles. The van der Waals surface area contributed by atoms with E-state index >= 15 is 0 Å². The molecule has 0 fully saturated rings. The first-order valence-corrected chi connectivity index (χ1v) is 21.2. The Morgan fingerprint density at radius 1 is 0.373 bits per heavy atom. The maximum absolute atomic E-state index is 5.27. The minimum atomic E-state index is 0.637. The fraction of sp³-hybridized carbons (Fsp3) is 0. The van der Waals surface area contributed by atoms with Crippen LogP contribution < -0.4 is 0 Å². The van der Waals surface area contributed by atoms with Crippen LogP contribution in [0.3, 0.4) is 0 Å². The molecule has 0 aliphatic rings. The monoisotopic (exact) mass is 789 g/mol. The number of hydrogen-bond donors (Lipinski definition) is 0. The molecule has 0 saturated carbocycles. The third kappa shape index (κ3) is 5.66. The molecule has 0 N–H and O–H groups in total. The van der Waals surface area contributed by atoms with Crippen molar-refractivity contribution in [2.24, 2.45) is 0 Å². The van der Waals surface area contributed by atoms with Crippen molar-refractivity contribution in [3.8, 4) is 62.4 Å². The van der Waals surface area contributed by atoms with Crippen LogP contribution in [0.25, 0.3) is 114 Å². The van der Waals surface area contributed by atoms with Gasteiger partial charge >= 0.3 is 0 Å². The van der Waals surface area contributed by atoms with Crippen molar-refractivity contribution in [2.45, 2.75) is 0 Å². The maximum atomic E-state index is 5.27. The second-order valence-electron chi connectivity index (χ2n) is 14.6. The molecular formula is C52H31N5S2. The third-order valence-corrected chi connectivity index (χ3v) is 13.4. The Hall–Kier alpha value is -7.32. The largest absolute Gasteiger partial charge is 0.292 e. The summed E-state index contributed by atoms with van der Waals surface area (Å²) in [6.07, 6.45) is 0. The summed E-state index contributed by atoms with van der Waals surface area (Å²) in [6, 6.07) is 66.0. The van der Waals surface area contributed by atoms with E-state index in [9.17, 15) is 0 Å². The highest BCUT2D eigenvalue weighted by atomic mass is 32.1. The smallest absolute Gasteiger partial charge is 0.164 e. The van der Waals surface area contributed by atoms with Gasteiger partial charge in [-0.1, -0.05) is 140 Å². The number of rotatable bonds is 6. The minimum Gasteiger partial charge on any atom is -0.292 e. The van der Waals surface area contributed by atoms with Crippen LogP contribution in [0, 0.1) is 0 Å². The Morgan fingerprint density at radius 3 is 1.93 bits per heavy atom. The number of aromatic nitrogens is 5. The van der Waals surface area contributed by atoms with Crippen LogP contribution in [-0.4, -0.2) is 24.5 Å². The number of para-hydroxylation sites is 3. The molecule has 59 heavy (non-hydrogen) atoms. The maximum Gasteiger partial charge on any atom is 0.164 e. The van der Waals surface area contributed by atoms with Gasteiger partial charge in [0.1, 0.15) is 5.82 Å². The molecule has 0 saturated heterocycles. The van der Waals surface area contributed by atoms with E-state index in [4.69, 9.17) is 19.9 Å². The standard InChI is InChI=1S/C52H31N5S2/c1-3-14-32(15-4-1)49-54-50(34-17-11-16-33(30-34)37-21-12-22-39-38-20-7-10-26-44(38)59-48(37)39)56-51(55-49)41-23-13-27-45-47(41)40-29-28-35(31-46(40)58-45)52-53-42-24-8-9-25-43(42)57(52)36-18-5-2-6-19-36/h1-31H. The van der Waals surface area contributed by atoms with Gasteiger partial charge in [0.15, 0.2) is 17.5 Å². The zero-order valence-electron chi connectivity index (χ0n) is 31.5. The molecule has 0 radical (unpaired) electrons. The first kappa shape index (κ1) is 33.8. The molecule has 12 aromatic rings. The molecule has 0 unspecified atom stereocenters. The summed E-state index contributed by atoms with van der Waals surface area (Å²) in [7, 11) is 0. The van der Waals surface area contributed by atoms with Crippen LogP contribution >= 0.6 is 22.7 Å². The predicted molar refractivity (Wildman–Crippen MR) is 247 cm³/mol. The van der Waals surface area contributed by atoms with Gasteiger partial charge in [-0.25, -0.2) is 19.9 Å². The average Bonchev–Trinajstić information content (AvgIpc) is 4.01. The summed E-state index contributed by atoms with van der Waals surface area (Å²) in [5.74, 6) is 2.84. The number of nitrogens with zero attached hydrogens (tertiary/aromatic N) is 5. The lowest BCUT2D eigenvalue weighted by Crippen LogP contribution is -2.00. The van der Waals surface area contributed by atoms with Crippen LogP contribution in [-0.2, 0) is 0 Å². The average molecular weight is 790 g/mol. The van der Waals surface area contributed by atoms with E-state index in [0.29, 0.717) is 17.5 Å². The Kier molecular flexibility index (Phi) is 7.82. The summed E-state index contributed by atoms with van der Waals surface area (Å²) in [4.78, 5) is 20.7. The molecule has 0 bridgehead atoms. The number of benzene rings is 8. The van der Waals surface area contributed by atoms with E-state index in [2.05, 4.69) is 162 Å². The fourth-order valence-corrected chi connectivity index (χ4v) is 10.8. The Labute approximate surface area is 347 Å². The zero-order valence-corrected chi connectivity index (χ0v) is 33.1. The Balaban J connectivity index is 1.01. The molecule has 5 nitrogen and oxygen atoms in total. The van der Waals surface area contributed by atoms with E-state index < -0.39 is 0 Å². The lowest BCUT2D eigenvalue weighted by atomic mass is 10.0. The van der Waals surface area contributed by atoms with Crippen LogP contribution in [0.5, 0.6) is 0 Å². The molecule has 12 rings (SSSR count). The molecule has 0 atom stereocenters. The molecule has 8 aromatic carbocycles. The normalized spacial score (nSPS) is 11.7. The highest BCUT2D eigenvalue weighted by molar-refractivity contribution is 7.26. The van der Waals surface area contributed by atoms with E-state index in [-0.39, 0.29) is 0 Å². The molecule has 0 aliphatic carbocycles. The van der Waals surface area contributed by atoms with Gasteiger partial charge in [-0.15, -0.1) is 22.7 Å². The topological polar surface area (TPSA) is 56.5 Å². The first-order valence-electron chi connectivity index (χ1n) is 19.5. The van der Waals surface area contributed by atoms with Gasteiger partial charge in [-0.2, -0.15) is 0 Å². The summed E-state index contributed by atoms with van der Waals surface area (Å²) in [5, 5.41) is 4.86. The van der Waals surface area contributed by atoms with Gasteiger partial charge < -0.3 is 0 Å². The van der Waals surface area contributed by atoms with Gasteiger partial charge in [-0.3, -0.25) is 4.57 Å². The lowest BCUT2D eigenvalue weighted by molar-refractivity contribution is 1.08. The van der Waals surface area contributed by atoms with Crippen LogP contribution in [0.4, 0.5) is 0 Å². The van der Waals surface area contributed by atoms with Crippen molar-refractivity contribution >= 4 is 74.1 Å². The lowest BCUT2D eigenvalue weighted by Gasteiger charge is -2.11.